The molecule has 2 unspecified atom stereocenters. The van der Waals surface area contributed by atoms with Gasteiger partial charge in [0, 0.05) is 16.8 Å². The fraction of sp³-hybridized carbons (Fsp3) is 0.261. The lowest BCUT2D eigenvalue weighted by molar-refractivity contribution is -0.709. The summed E-state index contributed by atoms with van der Waals surface area (Å²) in [5, 5.41) is 2.87. The Morgan fingerprint density at radius 3 is 2.34 bits per heavy atom. The Labute approximate surface area is 209 Å². The molecule has 2 aliphatic rings. The summed E-state index contributed by atoms with van der Waals surface area (Å²) < 4.78 is 8.55. The van der Waals surface area contributed by atoms with Crippen molar-refractivity contribution in [3.05, 3.63) is 63.6 Å². The normalized spacial score (nSPS) is 22.9. The van der Waals surface area contributed by atoms with Crippen LogP contribution in [-0.4, -0.2) is 52.6 Å². The SMILES string of the molecule is CCOC(=O)N1C(=O)[N+](Cc2ccc(Cl)c(Cl)c2)(C(=O)OCC)C(=O)C12C(=O)Nc1ccccc12. The third-order valence-corrected chi connectivity index (χ3v) is 6.58. The second-order valence-corrected chi connectivity index (χ2v) is 8.56. The number of nitrogens with zero attached hydrogens (tertiary/aromatic N) is 2. The summed E-state index contributed by atoms with van der Waals surface area (Å²) in [5.74, 6) is -2.15. The molecule has 1 spiro atoms. The predicted octanol–water partition coefficient (Wildman–Crippen LogP) is 4.43. The van der Waals surface area contributed by atoms with Crippen LogP contribution in [0.1, 0.15) is 25.0 Å². The third kappa shape index (κ3) is 3.40. The van der Waals surface area contributed by atoms with Gasteiger partial charge in [-0.05, 0) is 32.0 Å². The quantitative estimate of drug-likeness (QED) is 0.359. The van der Waals surface area contributed by atoms with Crippen LogP contribution < -0.4 is 5.32 Å². The van der Waals surface area contributed by atoms with Gasteiger partial charge in [-0.3, -0.25) is 4.79 Å². The van der Waals surface area contributed by atoms with Crippen molar-refractivity contribution in [2.75, 3.05) is 18.5 Å². The van der Waals surface area contributed by atoms with Crippen molar-refractivity contribution < 1.29 is 37.9 Å². The molecular weight excluding hydrogens is 501 g/mol. The smallest absolute Gasteiger partial charge is 0.449 e. The van der Waals surface area contributed by atoms with E-state index in [-0.39, 0.29) is 40.1 Å². The van der Waals surface area contributed by atoms with Gasteiger partial charge in [0.2, 0.25) is 0 Å². The van der Waals surface area contributed by atoms with E-state index in [2.05, 4.69) is 5.32 Å². The van der Waals surface area contributed by atoms with E-state index in [1.165, 1.54) is 50.2 Å². The highest BCUT2D eigenvalue weighted by Gasteiger charge is 2.81. The van der Waals surface area contributed by atoms with Gasteiger partial charge in [-0.1, -0.05) is 52.0 Å². The molecule has 2 aromatic rings. The number of imide groups is 4. The molecule has 10 nitrogen and oxygen atoms in total. The zero-order chi connectivity index (χ0) is 25.5. The molecule has 35 heavy (non-hydrogen) atoms. The number of carbonyl (C=O) groups is 5. The molecule has 182 valence electrons. The van der Waals surface area contributed by atoms with E-state index in [0.717, 1.165) is 0 Å². The number of rotatable bonds is 4. The second kappa shape index (κ2) is 8.95. The van der Waals surface area contributed by atoms with Gasteiger partial charge in [-0.2, -0.15) is 9.69 Å². The van der Waals surface area contributed by atoms with Gasteiger partial charge in [-0.25, -0.2) is 14.4 Å². The van der Waals surface area contributed by atoms with Crippen LogP contribution in [0, 0.1) is 0 Å². The number of amides is 6. The molecule has 6 amide bonds. The number of nitrogens with one attached hydrogen (secondary N) is 1. The van der Waals surface area contributed by atoms with Gasteiger partial charge < -0.3 is 14.8 Å². The van der Waals surface area contributed by atoms with Crippen molar-refractivity contribution >= 4 is 58.9 Å². The highest BCUT2D eigenvalue weighted by atomic mass is 35.5. The Hall–Kier alpha value is -3.47. The molecule has 0 aromatic heterocycles. The summed E-state index contributed by atoms with van der Waals surface area (Å²) in [4.78, 5) is 68.6. The fourth-order valence-electron chi connectivity index (χ4n) is 4.36. The molecule has 2 heterocycles. The summed E-state index contributed by atoms with van der Waals surface area (Å²) in [7, 11) is 0. The zero-order valence-corrected chi connectivity index (χ0v) is 20.2. The molecule has 2 aromatic carbocycles. The Morgan fingerprint density at radius 1 is 1.00 bits per heavy atom. The van der Waals surface area contributed by atoms with Crippen molar-refractivity contribution in [1.82, 2.24) is 4.90 Å². The molecule has 1 saturated heterocycles. The number of hydrogen-bond donors (Lipinski definition) is 1. The summed E-state index contributed by atoms with van der Waals surface area (Å²) >= 11 is 12.1. The highest BCUT2D eigenvalue weighted by Crippen LogP contribution is 2.50. The summed E-state index contributed by atoms with van der Waals surface area (Å²) in [6.07, 6.45) is -2.51. The number of hydrogen-bond acceptors (Lipinski definition) is 7. The summed E-state index contributed by atoms with van der Waals surface area (Å²) in [6, 6.07) is 9.08. The van der Waals surface area contributed by atoms with E-state index in [9.17, 15) is 24.0 Å². The molecule has 4 rings (SSSR count). The number of urea groups is 1. The maximum atomic E-state index is 14.3. The van der Waals surface area contributed by atoms with Crippen molar-refractivity contribution in [3.8, 4) is 0 Å². The minimum atomic E-state index is -2.48. The van der Waals surface area contributed by atoms with Crippen molar-refractivity contribution in [2.24, 2.45) is 0 Å². The third-order valence-electron chi connectivity index (χ3n) is 5.84. The Balaban J connectivity index is 2.00. The molecule has 0 aliphatic carbocycles. The van der Waals surface area contributed by atoms with Crippen molar-refractivity contribution in [1.29, 1.82) is 0 Å². The average Bonchev–Trinajstić information content (AvgIpc) is 3.22. The summed E-state index contributed by atoms with van der Waals surface area (Å²) in [6.45, 7) is 2.09. The topological polar surface area (TPSA) is 119 Å². The molecule has 12 heteroatoms. The van der Waals surface area contributed by atoms with E-state index in [0.29, 0.717) is 4.90 Å². The fourth-order valence-corrected chi connectivity index (χ4v) is 4.68. The number of benzene rings is 2. The number of para-hydroxylation sites is 1. The van der Waals surface area contributed by atoms with Crippen molar-refractivity contribution in [2.45, 2.75) is 25.9 Å². The Kier molecular flexibility index (Phi) is 6.31. The van der Waals surface area contributed by atoms with E-state index in [1.54, 1.807) is 6.07 Å². The zero-order valence-electron chi connectivity index (χ0n) is 18.7. The lowest BCUT2D eigenvalue weighted by Crippen LogP contribution is -2.59. The number of fused-ring (bicyclic) bond motifs is 2. The minimum Gasteiger partial charge on any atom is -0.449 e. The average molecular weight is 521 g/mol. The van der Waals surface area contributed by atoms with E-state index in [4.69, 9.17) is 32.7 Å². The van der Waals surface area contributed by atoms with Gasteiger partial charge in [-0.15, -0.1) is 0 Å². The Morgan fingerprint density at radius 2 is 1.69 bits per heavy atom. The molecule has 0 bridgehead atoms. The number of anilines is 1. The molecule has 2 atom stereocenters. The molecule has 0 saturated carbocycles. The second-order valence-electron chi connectivity index (χ2n) is 7.75. The maximum absolute atomic E-state index is 14.3. The summed E-state index contributed by atoms with van der Waals surface area (Å²) in [5.41, 5.74) is -1.97. The van der Waals surface area contributed by atoms with Crippen molar-refractivity contribution in [3.63, 3.8) is 0 Å². The molecule has 0 radical (unpaired) electrons. The number of carbonyl (C=O) groups excluding carboxylic acids is 5. The maximum Gasteiger partial charge on any atom is 0.533 e. The van der Waals surface area contributed by atoms with Crippen LogP contribution >= 0.6 is 23.2 Å². The number of quaternary nitrogens is 1. The van der Waals surface area contributed by atoms with Crippen LogP contribution in [0.2, 0.25) is 10.0 Å². The highest BCUT2D eigenvalue weighted by molar-refractivity contribution is 6.42. The van der Waals surface area contributed by atoms with Crippen LogP contribution in [-0.2, 0) is 31.1 Å². The minimum absolute atomic E-state index is 0.0369. The van der Waals surface area contributed by atoms with Gasteiger partial charge >= 0.3 is 24.1 Å². The van der Waals surface area contributed by atoms with Gasteiger partial charge in [0.1, 0.15) is 6.54 Å². The number of halogens is 2. The lowest BCUT2D eigenvalue weighted by Gasteiger charge is -2.24. The van der Waals surface area contributed by atoms with Crippen LogP contribution in [0.25, 0.3) is 0 Å². The molecule has 1 N–H and O–H groups in total. The van der Waals surface area contributed by atoms with Gasteiger partial charge in [0.25, 0.3) is 11.4 Å². The van der Waals surface area contributed by atoms with Gasteiger partial charge in [0.15, 0.2) is 0 Å². The van der Waals surface area contributed by atoms with Gasteiger partial charge in [0.05, 0.1) is 23.3 Å². The van der Waals surface area contributed by atoms with Crippen LogP contribution in [0.15, 0.2) is 42.5 Å². The molecular formula is C23H20Cl2N3O7+. The molecule has 2 aliphatic heterocycles. The van der Waals surface area contributed by atoms with E-state index in [1.807, 2.05) is 0 Å². The first-order valence-electron chi connectivity index (χ1n) is 10.6. The number of ether oxygens (including phenoxy) is 2. The first-order valence-corrected chi connectivity index (χ1v) is 11.4. The van der Waals surface area contributed by atoms with Crippen LogP contribution in [0.4, 0.5) is 20.1 Å². The van der Waals surface area contributed by atoms with E-state index >= 15 is 0 Å². The van der Waals surface area contributed by atoms with Crippen LogP contribution in [0.3, 0.4) is 0 Å². The van der Waals surface area contributed by atoms with E-state index < -0.39 is 46.6 Å². The predicted molar refractivity (Wildman–Crippen MR) is 123 cm³/mol. The first kappa shape index (κ1) is 24.6. The first-order chi connectivity index (χ1) is 16.7. The lowest BCUT2D eigenvalue weighted by atomic mass is 9.89. The molecule has 1 fully saturated rings. The monoisotopic (exact) mass is 520 g/mol. The van der Waals surface area contributed by atoms with Crippen LogP contribution in [0.5, 0.6) is 0 Å². The standard InChI is InChI=1S/C23H19Cl2N3O7/c1-3-34-21(32)27-20(31)28(22(33)35-4-2,12-13-9-10-15(24)16(25)11-13)19(30)23(27)14-7-5-6-8-17(14)26-18(23)29/h5-11H,3-4,12H2,1-2H3/p+1. The Bertz CT molecular complexity index is 1280. The largest absolute Gasteiger partial charge is 0.533 e.